The minimum atomic E-state index is -0.914. The SMILES string of the molecule is N#C[C@]1(c2cc(F)cc(F)c2)C[C@@H](O)C1. The Morgan fingerprint density at radius 2 is 1.80 bits per heavy atom. The van der Waals surface area contributed by atoms with E-state index in [1.807, 2.05) is 6.07 Å². The van der Waals surface area contributed by atoms with Gasteiger partial charge in [-0.2, -0.15) is 5.26 Å². The summed E-state index contributed by atoms with van der Waals surface area (Å²) >= 11 is 0. The topological polar surface area (TPSA) is 44.0 Å². The van der Waals surface area contributed by atoms with Crippen molar-refractivity contribution in [1.82, 2.24) is 0 Å². The molecule has 2 rings (SSSR count). The van der Waals surface area contributed by atoms with Crippen LogP contribution in [-0.2, 0) is 5.41 Å². The Balaban J connectivity index is 2.41. The number of hydrogen-bond acceptors (Lipinski definition) is 2. The lowest BCUT2D eigenvalue weighted by Gasteiger charge is -2.40. The van der Waals surface area contributed by atoms with Gasteiger partial charge in [0.15, 0.2) is 0 Å². The second kappa shape index (κ2) is 3.28. The van der Waals surface area contributed by atoms with Crippen LogP contribution in [0.1, 0.15) is 18.4 Å². The lowest BCUT2D eigenvalue weighted by molar-refractivity contribution is 0.0445. The summed E-state index contributed by atoms with van der Waals surface area (Å²) in [5.74, 6) is -1.39. The molecule has 0 heterocycles. The van der Waals surface area contributed by atoms with E-state index < -0.39 is 23.2 Å². The number of hydrogen-bond donors (Lipinski definition) is 1. The van der Waals surface area contributed by atoms with E-state index in [2.05, 4.69) is 0 Å². The Morgan fingerprint density at radius 1 is 1.27 bits per heavy atom. The normalized spacial score (nSPS) is 29.3. The molecule has 78 valence electrons. The average Bonchev–Trinajstić information content (AvgIpc) is 2.10. The Kier molecular flexibility index (Phi) is 2.20. The first-order chi connectivity index (χ1) is 7.05. The van der Waals surface area contributed by atoms with E-state index in [4.69, 9.17) is 5.26 Å². The van der Waals surface area contributed by atoms with Crippen molar-refractivity contribution < 1.29 is 13.9 Å². The zero-order chi connectivity index (χ0) is 11.1. The summed E-state index contributed by atoms with van der Waals surface area (Å²) in [6.07, 6.45) is -0.0605. The van der Waals surface area contributed by atoms with Crippen molar-refractivity contribution >= 4 is 0 Å². The van der Waals surface area contributed by atoms with Crippen LogP contribution < -0.4 is 0 Å². The summed E-state index contributed by atoms with van der Waals surface area (Å²) in [6, 6.07) is 5.09. The first kappa shape index (κ1) is 10.1. The lowest BCUT2D eigenvalue weighted by Crippen LogP contribution is -2.43. The molecule has 0 aromatic heterocycles. The Hall–Kier alpha value is -1.47. The van der Waals surface area contributed by atoms with E-state index in [9.17, 15) is 13.9 Å². The van der Waals surface area contributed by atoms with Gasteiger partial charge in [-0.25, -0.2) is 8.78 Å². The Morgan fingerprint density at radius 3 is 2.20 bits per heavy atom. The fourth-order valence-electron chi connectivity index (χ4n) is 1.97. The summed E-state index contributed by atoms with van der Waals surface area (Å²) < 4.78 is 25.9. The minimum Gasteiger partial charge on any atom is -0.393 e. The van der Waals surface area contributed by atoms with Gasteiger partial charge in [0.25, 0.3) is 0 Å². The molecule has 0 saturated heterocycles. The molecule has 0 aliphatic heterocycles. The molecule has 0 bridgehead atoms. The van der Waals surface area contributed by atoms with Crippen molar-refractivity contribution in [2.24, 2.45) is 0 Å². The monoisotopic (exact) mass is 209 g/mol. The van der Waals surface area contributed by atoms with Crippen LogP contribution in [0, 0.1) is 23.0 Å². The molecular weight excluding hydrogens is 200 g/mol. The van der Waals surface area contributed by atoms with E-state index >= 15 is 0 Å². The predicted octanol–water partition coefficient (Wildman–Crippen LogP) is 1.88. The number of nitriles is 1. The van der Waals surface area contributed by atoms with Crippen LogP contribution in [0.4, 0.5) is 8.78 Å². The van der Waals surface area contributed by atoms with Gasteiger partial charge < -0.3 is 5.11 Å². The first-order valence-electron chi connectivity index (χ1n) is 4.62. The molecule has 4 heteroatoms. The molecule has 1 saturated carbocycles. The van der Waals surface area contributed by atoms with Crippen molar-refractivity contribution in [3.05, 3.63) is 35.4 Å². The van der Waals surface area contributed by atoms with Gasteiger partial charge in [-0.15, -0.1) is 0 Å². The molecule has 1 aromatic rings. The second-order valence-electron chi connectivity index (χ2n) is 3.91. The van der Waals surface area contributed by atoms with Gasteiger partial charge in [-0.1, -0.05) is 0 Å². The van der Waals surface area contributed by atoms with Gasteiger partial charge in [0.05, 0.1) is 17.6 Å². The molecule has 0 spiro atoms. The number of benzene rings is 1. The fourth-order valence-corrected chi connectivity index (χ4v) is 1.97. The molecule has 0 radical (unpaired) electrons. The highest BCUT2D eigenvalue weighted by Gasteiger charge is 2.45. The van der Waals surface area contributed by atoms with Gasteiger partial charge in [-0.05, 0) is 30.5 Å². The average molecular weight is 209 g/mol. The third kappa shape index (κ3) is 1.59. The van der Waals surface area contributed by atoms with Gasteiger partial charge in [0.2, 0.25) is 0 Å². The highest BCUT2D eigenvalue weighted by molar-refractivity contribution is 5.37. The van der Waals surface area contributed by atoms with Gasteiger partial charge in [0.1, 0.15) is 11.6 Å². The molecule has 15 heavy (non-hydrogen) atoms. The van der Waals surface area contributed by atoms with Crippen LogP contribution in [0.25, 0.3) is 0 Å². The third-order valence-corrected chi connectivity index (χ3v) is 2.80. The number of aliphatic hydroxyl groups excluding tert-OH is 1. The van der Waals surface area contributed by atoms with Crippen LogP contribution >= 0.6 is 0 Å². The van der Waals surface area contributed by atoms with E-state index in [1.54, 1.807) is 0 Å². The Labute approximate surface area is 85.8 Å². The maximum absolute atomic E-state index is 12.9. The van der Waals surface area contributed by atoms with Crippen molar-refractivity contribution in [2.75, 3.05) is 0 Å². The van der Waals surface area contributed by atoms with E-state index in [0.29, 0.717) is 5.56 Å². The lowest BCUT2D eigenvalue weighted by atomic mass is 9.64. The highest BCUT2D eigenvalue weighted by Crippen LogP contribution is 2.43. The van der Waals surface area contributed by atoms with Crippen LogP contribution in [0.5, 0.6) is 0 Å². The van der Waals surface area contributed by atoms with Gasteiger partial charge >= 0.3 is 0 Å². The summed E-state index contributed by atoms with van der Waals surface area (Å²) in [6.45, 7) is 0. The molecule has 1 aliphatic rings. The zero-order valence-corrected chi connectivity index (χ0v) is 7.87. The number of nitrogens with zero attached hydrogens (tertiary/aromatic N) is 1. The number of rotatable bonds is 1. The fraction of sp³-hybridized carbons (Fsp3) is 0.364. The number of halogens is 2. The molecule has 1 aromatic carbocycles. The maximum atomic E-state index is 12.9. The van der Waals surface area contributed by atoms with E-state index in [-0.39, 0.29) is 12.8 Å². The van der Waals surface area contributed by atoms with Gasteiger partial charge in [0, 0.05) is 6.07 Å². The van der Waals surface area contributed by atoms with E-state index in [0.717, 1.165) is 18.2 Å². The van der Waals surface area contributed by atoms with Gasteiger partial charge in [-0.3, -0.25) is 0 Å². The predicted molar refractivity (Wildman–Crippen MR) is 48.9 cm³/mol. The van der Waals surface area contributed by atoms with Crippen LogP contribution in [0.3, 0.4) is 0 Å². The maximum Gasteiger partial charge on any atom is 0.126 e. The summed E-state index contributed by atoms with van der Waals surface area (Å²) in [4.78, 5) is 0. The molecule has 0 unspecified atom stereocenters. The van der Waals surface area contributed by atoms with Crippen LogP contribution in [-0.4, -0.2) is 11.2 Å². The molecule has 0 amide bonds. The van der Waals surface area contributed by atoms with Crippen molar-refractivity contribution in [3.63, 3.8) is 0 Å². The van der Waals surface area contributed by atoms with Crippen molar-refractivity contribution in [1.29, 1.82) is 5.26 Å². The summed E-state index contributed by atoms with van der Waals surface area (Å²) in [7, 11) is 0. The molecule has 0 atom stereocenters. The minimum absolute atomic E-state index is 0.242. The molecule has 1 aliphatic carbocycles. The quantitative estimate of drug-likeness (QED) is 0.767. The molecule has 2 nitrogen and oxygen atoms in total. The largest absolute Gasteiger partial charge is 0.393 e. The number of aliphatic hydroxyl groups is 1. The first-order valence-corrected chi connectivity index (χ1v) is 4.62. The third-order valence-electron chi connectivity index (χ3n) is 2.80. The van der Waals surface area contributed by atoms with Crippen molar-refractivity contribution in [2.45, 2.75) is 24.4 Å². The summed E-state index contributed by atoms with van der Waals surface area (Å²) in [5.41, 5.74) is -0.602. The molecular formula is C11H9F2NO. The highest BCUT2D eigenvalue weighted by atomic mass is 19.1. The Bertz CT molecular complexity index is 412. The van der Waals surface area contributed by atoms with Crippen molar-refractivity contribution in [3.8, 4) is 6.07 Å². The van der Waals surface area contributed by atoms with E-state index in [1.165, 1.54) is 0 Å². The summed E-state index contributed by atoms with van der Waals surface area (Å²) in [5, 5.41) is 18.2. The van der Waals surface area contributed by atoms with Crippen LogP contribution in [0.2, 0.25) is 0 Å². The van der Waals surface area contributed by atoms with Crippen LogP contribution in [0.15, 0.2) is 18.2 Å². The second-order valence-corrected chi connectivity index (χ2v) is 3.91. The molecule has 1 N–H and O–H groups in total. The molecule has 1 fully saturated rings. The smallest absolute Gasteiger partial charge is 0.126 e. The zero-order valence-electron chi connectivity index (χ0n) is 7.87. The standard InChI is InChI=1S/C11H9F2NO/c12-8-1-7(2-9(13)3-8)11(6-14)4-10(15)5-11/h1-3,10,15H,4-5H2/t10-,11+.